The van der Waals surface area contributed by atoms with E-state index in [1.54, 1.807) is 0 Å². The van der Waals surface area contributed by atoms with E-state index in [9.17, 15) is 0 Å². The molecule has 0 radical (unpaired) electrons. The molecule has 0 heterocycles. The smallest absolute Gasteiger partial charge is 0.00697 e. The molecule has 0 aromatic heterocycles. The SMILES string of the molecule is C[C@@H]1CCCCC1C[C@@H](C)[C@@H]1CCCCC1N. The number of hydrogen-bond acceptors (Lipinski definition) is 1. The molecule has 0 aromatic carbocycles. The van der Waals surface area contributed by atoms with Crippen molar-refractivity contribution in [1.82, 2.24) is 0 Å². The van der Waals surface area contributed by atoms with E-state index in [4.69, 9.17) is 5.73 Å². The molecule has 2 unspecified atom stereocenters. The van der Waals surface area contributed by atoms with Gasteiger partial charge >= 0.3 is 0 Å². The summed E-state index contributed by atoms with van der Waals surface area (Å²) in [6, 6.07) is 0.498. The standard InChI is InChI=1S/C16H31N/c1-12-7-3-4-8-14(12)11-13(2)15-9-5-6-10-16(15)17/h12-16H,3-11,17H2,1-2H3/t12-,13-,14?,15+,16?/m1/s1. The van der Waals surface area contributed by atoms with E-state index in [1.807, 2.05) is 0 Å². The Bertz CT molecular complexity index is 226. The van der Waals surface area contributed by atoms with Gasteiger partial charge < -0.3 is 5.73 Å². The molecule has 100 valence electrons. The Labute approximate surface area is 108 Å². The molecular weight excluding hydrogens is 206 g/mol. The fraction of sp³-hybridized carbons (Fsp3) is 1.00. The Balaban J connectivity index is 1.84. The molecule has 0 bridgehead atoms. The first-order valence-corrected chi connectivity index (χ1v) is 7.94. The number of nitrogens with two attached hydrogens (primary N) is 1. The molecule has 2 fully saturated rings. The minimum Gasteiger partial charge on any atom is -0.327 e. The Morgan fingerprint density at radius 3 is 2.35 bits per heavy atom. The van der Waals surface area contributed by atoms with Gasteiger partial charge in [0, 0.05) is 6.04 Å². The third kappa shape index (κ3) is 3.47. The van der Waals surface area contributed by atoms with Crippen molar-refractivity contribution in [1.29, 1.82) is 0 Å². The van der Waals surface area contributed by atoms with E-state index in [1.165, 1.54) is 57.8 Å². The fourth-order valence-corrected chi connectivity index (χ4v) is 4.29. The van der Waals surface area contributed by atoms with Crippen LogP contribution in [0.5, 0.6) is 0 Å². The third-order valence-corrected chi connectivity index (χ3v) is 5.57. The van der Waals surface area contributed by atoms with Gasteiger partial charge in [-0.15, -0.1) is 0 Å². The molecule has 2 rings (SSSR count). The molecule has 0 saturated heterocycles. The van der Waals surface area contributed by atoms with E-state index in [0.717, 1.165) is 23.7 Å². The first-order valence-electron chi connectivity index (χ1n) is 7.94. The summed E-state index contributed by atoms with van der Waals surface area (Å²) in [6.45, 7) is 4.94. The monoisotopic (exact) mass is 237 g/mol. The van der Waals surface area contributed by atoms with Crippen molar-refractivity contribution in [2.24, 2.45) is 29.4 Å². The Hall–Kier alpha value is -0.0400. The summed E-state index contributed by atoms with van der Waals surface area (Å²) in [5.74, 6) is 3.63. The summed E-state index contributed by atoms with van der Waals surface area (Å²) in [4.78, 5) is 0. The van der Waals surface area contributed by atoms with Crippen LogP contribution in [0, 0.1) is 23.7 Å². The highest BCUT2D eigenvalue weighted by Gasteiger charge is 2.30. The minimum absolute atomic E-state index is 0.498. The van der Waals surface area contributed by atoms with Crippen molar-refractivity contribution >= 4 is 0 Å². The molecule has 1 nitrogen and oxygen atoms in total. The predicted molar refractivity (Wildman–Crippen MR) is 74.8 cm³/mol. The maximum absolute atomic E-state index is 6.32. The van der Waals surface area contributed by atoms with Crippen LogP contribution in [0.4, 0.5) is 0 Å². The van der Waals surface area contributed by atoms with Gasteiger partial charge in [-0.3, -0.25) is 0 Å². The fourth-order valence-electron chi connectivity index (χ4n) is 4.29. The van der Waals surface area contributed by atoms with Crippen molar-refractivity contribution in [3.8, 4) is 0 Å². The molecule has 2 aliphatic rings. The second-order valence-corrected chi connectivity index (χ2v) is 6.85. The Morgan fingerprint density at radius 1 is 1.00 bits per heavy atom. The lowest BCUT2D eigenvalue weighted by molar-refractivity contribution is 0.153. The number of hydrogen-bond donors (Lipinski definition) is 1. The average Bonchev–Trinajstić information content (AvgIpc) is 2.32. The van der Waals surface area contributed by atoms with Crippen LogP contribution in [0.1, 0.15) is 71.6 Å². The van der Waals surface area contributed by atoms with E-state index in [0.29, 0.717) is 6.04 Å². The zero-order valence-electron chi connectivity index (χ0n) is 11.8. The van der Waals surface area contributed by atoms with Crippen molar-refractivity contribution in [2.75, 3.05) is 0 Å². The second kappa shape index (κ2) is 6.22. The van der Waals surface area contributed by atoms with Crippen LogP contribution in [0.2, 0.25) is 0 Å². The molecule has 5 atom stereocenters. The van der Waals surface area contributed by atoms with Crippen LogP contribution >= 0.6 is 0 Å². The van der Waals surface area contributed by atoms with E-state index >= 15 is 0 Å². The maximum atomic E-state index is 6.32. The van der Waals surface area contributed by atoms with Gasteiger partial charge in [0.05, 0.1) is 0 Å². The molecule has 0 aromatic rings. The zero-order valence-corrected chi connectivity index (χ0v) is 11.8. The van der Waals surface area contributed by atoms with Crippen molar-refractivity contribution in [3.05, 3.63) is 0 Å². The first kappa shape index (κ1) is 13.4. The van der Waals surface area contributed by atoms with Crippen LogP contribution in [0.3, 0.4) is 0 Å². The predicted octanol–water partition coefficient (Wildman–Crippen LogP) is 4.36. The lowest BCUT2D eigenvalue weighted by Crippen LogP contribution is -2.38. The minimum atomic E-state index is 0.498. The van der Waals surface area contributed by atoms with E-state index in [-0.39, 0.29) is 0 Å². The topological polar surface area (TPSA) is 26.0 Å². The van der Waals surface area contributed by atoms with Crippen LogP contribution in [0.15, 0.2) is 0 Å². The highest BCUT2D eigenvalue weighted by molar-refractivity contribution is 4.84. The summed E-state index contributed by atoms with van der Waals surface area (Å²) < 4.78 is 0. The van der Waals surface area contributed by atoms with Gasteiger partial charge in [-0.2, -0.15) is 0 Å². The van der Waals surface area contributed by atoms with Crippen LogP contribution in [-0.4, -0.2) is 6.04 Å². The van der Waals surface area contributed by atoms with Gasteiger partial charge in [-0.05, 0) is 42.9 Å². The van der Waals surface area contributed by atoms with Gasteiger partial charge in [0.15, 0.2) is 0 Å². The largest absolute Gasteiger partial charge is 0.327 e. The maximum Gasteiger partial charge on any atom is 0.00697 e. The Kier molecular flexibility index (Phi) is 4.90. The van der Waals surface area contributed by atoms with Crippen molar-refractivity contribution in [2.45, 2.75) is 77.7 Å². The summed E-state index contributed by atoms with van der Waals surface area (Å²) in [5, 5.41) is 0. The quantitative estimate of drug-likeness (QED) is 0.775. The zero-order chi connectivity index (χ0) is 12.3. The molecule has 0 aliphatic heterocycles. The molecular formula is C16H31N. The molecule has 2 aliphatic carbocycles. The van der Waals surface area contributed by atoms with Gasteiger partial charge in [0.2, 0.25) is 0 Å². The van der Waals surface area contributed by atoms with Crippen LogP contribution in [-0.2, 0) is 0 Å². The first-order chi connectivity index (χ1) is 8.18. The summed E-state index contributed by atoms with van der Waals surface area (Å²) >= 11 is 0. The Morgan fingerprint density at radius 2 is 1.65 bits per heavy atom. The van der Waals surface area contributed by atoms with Crippen molar-refractivity contribution in [3.63, 3.8) is 0 Å². The van der Waals surface area contributed by atoms with Gasteiger partial charge in [0.25, 0.3) is 0 Å². The van der Waals surface area contributed by atoms with E-state index in [2.05, 4.69) is 13.8 Å². The molecule has 2 N–H and O–H groups in total. The van der Waals surface area contributed by atoms with Gasteiger partial charge in [-0.25, -0.2) is 0 Å². The summed E-state index contributed by atoms with van der Waals surface area (Å²) in [5.41, 5.74) is 6.32. The van der Waals surface area contributed by atoms with Crippen LogP contribution < -0.4 is 5.73 Å². The lowest BCUT2D eigenvalue weighted by Gasteiger charge is -2.37. The highest BCUT2D eigenvalue weighted by Crippen LogP contribution is 2.38. The molecule has 2 saturated carbocycles. The molecule has 1 heteroatoms. The van der Waals surface area contributed by atoms with Crippen molar-refractivity contribution < 1.29 is 0 Å². The van der Waals surface area contributed by atoms with E-state index < -0.39 is 0 Å². The third-order valence-electron chi connectivity index (χ3n) is 5.57. The average molecular weight is 237 g/mol. The lowest BCUT2D eigenvalue weighted by atomic mass is 9.70. The highest BCUT2D eigenvalue weighted by atomic mass is 14.7. The number of rotatable bonds is 3. The summed E-state index contributed by atoms with van der Waals surface area (Å²) in [7, 11) is 0. The molecule has 0 amide bonds. The van der Waals surface area contributed by atoms with Gasteiger partial charge in [0.1, 0.15) is 0 Å². The molecule has 0 spiro atoms. The normalized spacial score (nSPS) is 41.1. The molecule has 17 heavy (non-hydrogen) atoms. The second-order valence-electron chi connectivity index (χ2n) is 6.85. The summed E-state index contributed by atoms with van der Waals surface area (Å²) in [6.07, 6.45) is 12.8. The van der Waals surface area contributed by atoms with Gasteiger partial charge in [-0.1, -0.05) is 52.4 Å². The van der Waals surface area contributed by atoms with Crippen LogP contribution in [0.25, 0.3) is 0 Å².